The van der Waals surface area contributed by atoms with Crippen molar-refractivity contribution in [2.75, 3.05) is 26.2 Å². The number of carboxylic acid groups (broad SMARTS) is 2. The Hall–Kier alpha value is -2.12. The van der Waals surface area contributed by atoms with Crippen molar-refractivity contribution in [3.8, 4) is 5.75 Å². The first-order valence-electron chi connectivity index (χ1n) is 8.63. The highest BCUT2D eigenvalue weighted by Gasteiger charge is 2.50. The molecule has 136 valence electrons. The van der Waals surface area contributed by atoms with Crippen LogP contribution in [0.3, 0.4) is 0 Å². The average molecular weight is 348 g/mol. The zero-order valence-corrected chi connectivity index (χ0v) is 14.1. The maximum atomic E-state index is 12.0. The topological polar surface area (TPSA) is 99.1 Å². The van der Waals surface area contributed by atoms with Gasteiger partial charge in [-0.1, -0.05) is 18.2 Å². The molecule has 0 spiro atoms. The summed E-state index contributed by atoms with van der Waals surface area (Å²) in [5.41, 5.74) is 0.138. The third-order valence-electron chi connectivity index (χ3n) is 5.24. The highest BCUT2D eigenvalue weighted by atomic mass is 16.5. The molecular weight excluding hydrogens is 324 g/mol. The third kappa shape index (κ3) is 3.77. The lowest BCUT2D eigenvalue weighted by molar-refractivity contribution is -0.157. The van der Waals surface area contributed by atoms with Gasteiger partial charge in [0.1, 0.15) is 5.75 Å². The quantitative estimate of drug-likeness (QED) is 0.710. The van der Waals surface area contributed by atoms with Crippen LogP contribution in [0.25, 0.3) is 0 Å². The van der Waals surface area contributed by atoms with Crippen molar-refractivity contribution >= 4 is 11.9 Å². The zero-order chi connectivity index (χ0) is 17.9. The van der Waals surface area contributed by atoms with E-state index in [4.69, 9.17) is 9.84 Å². The largest absolute Gasteiger partial charge is 0.482 e. The van der Waals surface area contributed by atoms with Crippen LogP contribution in [0, 0.1) is 5.41 Å². The molecule has 7 nitrogen and oxygen atoms in total. The van der Waals surface area contributed by atoms with Gasteiger partial charge in [-0.3, -0.25) is 9.69 Å². The van der Waals surface area contributed by atoms with Gasteiger partial charge in [-0.15, -0.1) is 0 Å². The Labute approximate surface area is 146 Å². The van der Waals surface area contributed by atoms with Gasteiger partial charge < -0.3 is 20.3 Å². The van der Waals surface area contributed by atoms with Crippen molar-refractivity contribution in [2.45, 2.75) is 31.8 Å². The number of likely N-dealkylation sites (tertiary alicyclic amines) is 1. The van der Waals surface area contributed by atoms with Gasteiger partial charge in [-0.25, -0.2) is 4.79 Å². The SMILES string of the molecule is O=C(O)COc1ccccc1CN1CC[C@@H]2NCCC[C@@]2(C(=O)O)C1. The molecule has 0 amide bonds. The number of ether oxygens (including phenoxy) is 1. The van der Waals surface area contributed by atoms with Crippen molar-refractivity contribution in [3.05, 3.63) is 29.8 Å². The van der Waals surface area contributed by atoms with E-state index in [1.165, 1.54) is 0 Å². The molecule has 0 unspecified atom stereocenters. The number of fused-ring (bicyclic) bond motifs is 1. The lowest BCUT2D eigenvalue weighted by Gasteiger charge is -2.48. The van der Waals surface area contributed by atoms with Gasteiger partial charge in [0.2, 0.25) is 0 Å². The maximum Gasteiger partial charge on any atom is 0.341 e. The van der Waals surface area contributed by atoms with E-state index >= 15 is 0 Å². The fraction of sp³-hybridized carbons (Fsp3) is 0.556. The molecule has 25 heavy (non-hydrogen) atoms. The number of carbonyl (C=O) groups is 2. The molecule has 2 aliphatic heterocycles. The summed E-state index contributed by atoms with van der Waals surface area (Å²) < 4.78 is 5.36. The van der Waals surface area contributed by atoms with E-state index in [-0.39, 0.29) is 12.6 Å². The predicted molar refractivity (Wildman–Crippen MR) is 90.6 cm³/mol. The number of piperidine rings is 2. The lowest BCUT2D eigenvalue weighted by atomic mass is 9.70. The highest BCUT2D eigenvalue weighted by Crippen LogP contribution is 2.38. The lowest BCUT2D eigenvalue weighted by Crippen LogP contribution is -2.62. The molecule has 0 aliphatic carbocycles. The first kappa shape index (κ1) is 17.7. The molecule has 2 atom stereocenters. The van der Waals surface area contributed by atoms with Gasteiger partial charge in [0, 0.05) is 31.2 Å². The number of aliphatic carboxylic acids is 2. The fourth-order valence-electron chi connectivity index (χ4n) is 4.02. The summed E-state index contributed by atoms with van der Waals surface area (Å²) in [6.07, 6.45) is 2.35. The zero-order valence-electron chi connectivity index (χ0n) is 14.1. The minimum Gasteiger partial charge on any atom is -0.482 e. The number of carboxylic acids is 2. The van der Waals surface area contributed by atoms with E-state index in [1.807, 2.05) is 12.1 Å². The van der Waals surface area contributed by atoms with Crippen molar-refractivity contribution in [2.24, 2.45) is 5.41 Å². The number of nitrogens with one attached hydrogen (secondary N) is 1. The second-order valence-corrected chi connectivity index (χ2v) is 6.86. The smallest absolute Gasteiger partial charge is 0.341 e. The van der Waals surface area contributed by atoms with Crippen LogP contribution in [0.1, 0.15) is 24.8 Å². The van der Waals surface area contributed by atoms with Crippen LogP contribution in [0.15, 0.2) is 24.3 Å². The molecule has 1 aromatic rings. The summed E-state index contributed by atoms with van der Waals surface area (Å²) in [5, 5.41) is 22.0. The van der Waals surface area contributed by atoms with Crippen molar-refractivity contribution in [1.82, 2.24) is 10.2 Å². The molecule has 1 aromatic carbocycles. The van der Waals surface area contributed by atoms with Crippen molar-refractivity contribution in [1.29, 1.82) is 0 Å². The van der Waals surface area contributed by atoms with Crippen LogP contribution in [-0.2, 0) is 16.1 Å². The van der Waals surface area contributed by atoms with Gasteiger partial charge in [-0.05, 0) is 31.9 Å². The Bertz CT molecular complexity index is 650. The van der Waals surface area contributed by atoms with E-state index in [0.717, 1.165) is 31.5 Å². The first-order valence-corrected chi connectivity index (χ1v) is 8.63. The Kier molecular flexibility index (Phi) is 5.24. The summed E-state index contributed by atoms with van der Waals surface area (Å²) >= 11 is 0. The second kappa shape index (κ2) is 7.41. The maximum absolute atomic E-state index is 12.0. The Morgan fingerprint density at radius 1 is 1.32 bits per heavy atom. The molecule has 2 saturated heterocycles. The normalized spacial score (nSPS) is 26.6. The minimum atomic E-state index is -1.02. The van der Waals surface area contributed by atoms with Crippen LogP contribution < -0.4 is 10.1 Å². The van der Waals surface area contributed by atoms with Crippen LogP contribution in [0.2, 0.25) is 0 Å². The molecule has 0 bridgehead atoms. The monoisotopic (exact) mass is 348 g/mol. The number of benzene rings is 1. The van der Waals surface area contributed by atoms with Gasteiger partial charge in [-0.2, -0.15) is 0 Å². The average Bonchev–Trinajstić information content (AvgIpc) is 2.60. The van der Waals surface area contributed by atoms with Gasteiger partial charge in [0.25, 0.3) is 0 Å². The summed E-state index contributed by atoms with van der Waals surface area (Å²) in [5.74, 6) is -1.21. The Morgan fingerprint density at radius 3 is 2.88 bits per heavy atom. The van der Waals surface area contributed by atoms with E-state index in [1.54, 1.807) is 12.1 Å². The molecule has 0 saturated carbocycles. The standard InChI is InChI=1S/C18H24N2O5/c21-16(22)11-25-14-5-2-1-4-13(14)10-20-9-6-15-18(12-20,17(23)24)7-3-8-19-15/h1-2,4-5,15,19H,3,6-12H2,(H,21,22)(H,23,24)/t15-,18+/m0/s1. The van der Waals surface area contributed by atoms with Gasteiger partial charge in [0.15, 0.2) is 6.61 Å². The number of para-hydroxylation sites is 1. The summed E-state index contributed by atoms with van der Waals surface area (Å²) in [6.45, 7) is 2.35. The van der Waals surface area contributed by atoms with E-state index in [0.29, 0.717) is 25.3 Å². The van der Waals surface area contributed by atoms with Crippen molar-refractivity contribution in [3.63, 3.8) is 0 Å². The second-order valence-electron chi connectivity index (χ2n) is 6.86. The summed E-state index contributed by atoms with van der Waals surface area (Å²) in [6, 6.07) is 7.35. The van der Waals surface area contributed by atoms with Crippen LogP contribution in [0.5, 0.6) is 5.75 Å². The summed E-state index contributed by atoms with van der Waals surface area (Å²) in [7, 11) is 0. The number of rotatable bonds is 6. The molecule has 2 fully saturated rings. The Balaban J connectivity index is 1.73. The predicted octanol–water partition coefficient (Wildman–Crippen LogP) is 1.18. The summed E-state index contributed by atoms with van der Waals surface area (Å²) in [4.78, 5) is 24.9. The molecule has 3 rings (SSSR count). The first-order chi connectivity index (χ1) is 12.0. The number of hydrogen-bond acceptors (Lipinski definition) is 5. The molecular formula is C18H24N2O5. The highest BCUT2D eigenvalue weighted by molar-refractivity contribution is 5.76. The van der Waals surface area contributed by atoms with Crippen LogP contribution in [0.4, 0.5) is 0 Å². The molecule has 0 radical (unpaired) electrons. The van der Waals surface area contributed by atoms with Crippen LogP contribution in [-0.4, -0.2) is 59.3 Å². The van der Waals surface area contributed by atoms with Crippen molar-refractivity contribution < 1.29 is 24.5 Å². The fourth-order valence-corrected chi connectivity index (χ4v) is 4.02. The minimum absolute atomic E-state index is 0.0218. The third-order valence-corrected chi connectivity index (χ3v) is 5.24. The molecule has 2 heterocycles. The van der Waals surface area contributed by atoms with E-state index in [9.17, 15) is 14.7 Å². The van der Waals surface area contributed by atoms with Gasteiger partial charge >= 0.3 is 11.9 Å². The Morgan fingerprint density at radius 2 is 2.12 bits per heavy atom. The number of hydrogen-bond donors (Lipinski definition) is 3. The number of nitrogens with zero attached hydrogens (tertiary/aromatic N) is 1. The molecule has 3 N–H and O–H groups in total. The van der Waals surface area contributed by atoms with E-state index < -0.39 is 17.4 Å². The molecule has 7 heteroatoms. The molecule has 0 aromatic heterocycles. The van der Waals surface area contributed by atoms with E-state index in [2.05, 4.69) is 10.2 Å². The molecule has 2 aliphatic rings. The van der Waals surface area contributed by atoms with Gasteiger partial charge in [0.05, 0.1) is 5.41 Å². The van der Waals surface area contributed by atoms with Crippen LogP contribution >= 0.6 is 0 Å².